The van der Waals surface area contributed by atoms with Gasteiger partial charge in [-0.25, -0.2) is 13.1 Å². The number of carbonyl (C=O) groups is 1. The Morgan fingerprint density at radius 1 is 0.943 bits per heavy atom. The number of amides is 1. The van der Waals surface area contributed by atoms with Crippen molar-refractivity contribution in [2.75, 3.05) is 65.0 Å². The van der Waals surface area contributed by atoms with Gasteiger partial charge in [-0.05, 0) is 125 Å². The Morgan fingerprint density at radius 2 is 1.74 bits per heavy atom. The minimum Gasteiger partial charge on any atom is -0.490 e. The van der Waals surface area contributed by atoms with E-state index in [1.165, 1.54) is 11.1 Å². The topological polar surface area (TPSA) is 101 Å². The van der Waals surface area contributed by atoms with Crippen molar-refractivity contribution < 1.29 is 27.4 Å². The minimum absolute atomic E-state index is 0.125. The number of rotatable bonds is 3. The molecule has 2 bridgehead atoms. The fraction of sp³-hybridized carbons (Fsp3) is 0.683. The van der Waals surface area contributed by atoms with Crippen LogP contribution in [0.4, 0.5) is 5.69 Å². The van der Waals surface area contributed by atoms with Gasteiger partial charge in [-0.3, -0.25) is 9.69 Å². The molecular weight excluding hydrogens is 712 g/mol. The normalized spacial score (nSPS) is 35.2. The number of likely N-dealkylation sites (N-methyl/N-ethyl adjacent to an activating group) is 1. The Bertz CT molecular complexity index is 1780. The number of hydrogen-bond donors (Lipinski definition) is 1. The summed E-state index contributed by atoms with van der Waals surface area (Å²) in [5, 5.41) is 0.0301. The SMILES string of the molecule is C[C@@H]1[C@@H](C)CCC[C@H]([C@H]2OC[C@@H](N3CC(N(C)C)C3)CO2)[C@@H]2CC[C@H]2CN2C[C@@]3(CCCc4cc(Cl)ccc43)COc3ccc(cc32)C(=O)NS1(=O)=O. The molecule has 0 unspecified atom stereocenters. The first-order chi connectivity index (χ1) is 25.4. The molecule has 6 atom stereocenters. The highest BCUT2D eigenvalue weighted by Crippen LogP contribution is 2.49. The molecule has 0 radical (unpaired) electrons. The summed E-state index contributed by atoms with van der Waals surface area (Å²) < 4.78 is 49.5. The third-order valence-corrected chi connectivity index (χ3v) is 16.0. The van der Waals surface area contributed by atoms with Gasteiger partial charge in [0, 0.05) is 54.1 Å². The molecule has 4 aliphatic heterocycles. The molecule has 12 heteroatoms. The third kappa shape index (κ3) is 7.35. The molecule has 2 aromatic rings. The summed E-state index contributed by atoms with van der Waals surface area (Å²) in [4.78, 5) is 20.8. The molecule has 290 valence electrons. The lowest BCUT2D eigenvalue weighted by molar-refractivity contribution is -0.248. The van der Waals surface area contributed by atoms with Crippen LogP contribution in [0.5, 0.6) is 5.75 Å². The first kappa shape index (κ1) is 37.5. The van der Waals surface area contributed by atoms with Crippen LogP contribution < -0.4 is 14.4 Å². The van der Waals surface area contributed by atoms with E-state index in [1.54, 1.807) is 13.0 Å². The molecule has 4 heterocycles. The van der Waals surface area contributed by atoms with Crippen LogP contribution in [0, 0.1) is 23.7 Å². The minimum atomic E-state index is -3.91. The second-order valence-corrected chi connectivity index (χ2v) is 19.8. The monoisotopic (exact) mass is 768 g/mol. The number of fused-ring (bicyclic) bond motifs is 4. The van der Waals surface area contributed by atoms with E-state index in [0.717, 1.165) is 94.0 Å². The van der Waals surface area contributed by atoms with Gasteiger partial charge in [-0.2, -0.15) is 0 Å². The lowest BCUT2D eigenvalue weighted by Crippen LogP contribution is -2.64. The summed E-state index contributed by atoms with van der Waals surface area (Å²) in [7, 11) is 0.375. The number of nitrogens with one attached hydrogen (secondary N) is 1. The van der Waals surface area contributed by atoms with Crippen molar-refractivity contribution in [1.29, 1.82) is 0 Å². The molecule has 8 rings (SSSR count). The summed E-state index contributed by atoms with van der Waals surface area (Å²) in [6.45, 7) is 9.22. The number of carbonyl (C=O) groups excluding carboxylic acids is 1. The first-order valence-electron chi connectivity index (χ1n) is 19.9. The Morgan fingerprint density at radius 3 is 2.47 bits per heavy atom. The third-order valence-electron chi connectivity index (χ3n) is 13.9. The lowest BCUT2D eigenvalue weighted by Gasteiger charge is -2.51. The Labute approximate surface area is 320 Å². The Kier molecular flexibility index (Phi) is 10.6. The number of aryl methyl sites for hydroxylation is 1. The van der Waals surface area contributed by atoms with Crippen LogP contribution in [0.3, 0.4) is 0 Å². The average Bonchev–Trinajstić information content (AvgIpc) is 3.24. The van der Waals surface area contributed by atoms with E-state index in [-0.39, 0.29) is 29.6 Å². The standard InChI is InChI=1S/C41H57ClN4O6S/c1-26-7-5-9-35(40-50-22-33(23-51-40)45-20-32(21-45)44(3)4)34-13-10-30(34)19-46-24-41(16-6-8-28-17-31(42)12-14-36(28)41)25-52-38-15-11-29(18-37(38)46)39(47)43-53(48,49)27(26)2/h11-12,14-15,17-18,26-27,30,32-35,40H,5-10,13,16,19-25H2,1-4H3,(H,43,47)/t26-,27+,30-,33-,34+,35-,40+,41-/m0/s1. The maximum atomic E-state index is 13.6. The van der Waals surface area contributed by atoms with Crippen molar-refractivity contribution in [3.8, 4) is 5.75 Å². The van der Waals surface area contributed by atoms with Crippen LogP contribution in [0.1, 0.15) is 80.3 Å². The maximum Gasteiger partial charge on any atom is 0.264 e. The zero-order valence-electron chi connectivity index (χ0n) is 31.8. The van der Waals surface area contributed by atoms with Gasteiger partial charge < -0.3 is 24.0 Å². The summed E-state index contributed by atoms with van der Waals surface area (Å²) in [5.41, 5.74) is 3.49. The van der Waals surface area contributed by atoms with E-state index in [0.29, 0.717) is 43.3 Å². The van der Waals surface area contributed by atoms with Crippen molar-refractivity contribution in [3.63, 3.8) is 0 Å². The number of likely N-dealkylation sites (tertiary alicyclic amines) is 1. The zero-order chi connectivity index (χ0) is 37.1. The molecule has 0 aromatic heterocycles. The van der Waals surface area contributed by atoms with Gasteiger partial charge in [0.2, 0.25) is 10.0 Å². The molecule has 1 saturated carbocycles. The van der Waals surface area contributed by atoms with Gasteiger partial charge in [0.1, 0.15) is 5.75 Å². The summed E-state index contributed by atoms with van der Waals surface area (Å²) in [5.74, 6) is 1.05. The van der Waals surface area contributed by atoms with Crippen LogP contribution in [-0.4, -0.2) is 108 Å². The molecule has 3 fully saturated rings. The second kappa shape index (κ2) is 14.9. The molecule has 6 aliphatic rings. The van der Waals surface area contributed by atoms with Gasteiger partial charge in [0.05, 0.1) is 36.8 Å². The average molecular weight is 769 g/mol. The van der Waals surface area contributed by atoms with Gasteiger partial charge in [0.15, 0.2) is 6.29 Å². The smallest absolute Gasteiger partial charge is 0.264 e. The highest BCUT2D eigenvalue weighted by atomic mass is 35.5. The fourth-order valence-electron chi connectivity index (χ4n) is 10.1. The number of benzene rings is 2. The van der Waals surface area contributed by atoms with E-state index in [2.05, 4.69) is 45.6 Å². The van der Waals surface area contributed by atoms with Gasteiger partial charge in [-0.15, -0.1) is 0 Å². The molecule has 1 amide bonds. The molecule has 1 spiro atoms. The summed E-state index contributed by atoms with van der Waals surface area (Å²) in [6.07, 6.45) is 7.51. The molecule has 2 saturated heterocycles. The van der Waals surface area contributed by atoms with Crippen LogP contribution in [-0.2, 0) is 31.3 Å². The predicted molar refractivity (Wildman–Crippen MR) is 207 cm³/mol. The molecular formula is C41H57ClN4O6S. The van der Waals surface area contributed by atoms with Crippen molar-refractivity contribution >= 4 is 33.2 Å². The number of nitrogens with zero attached hydrogens (tertiary/aromatic N) is 3. The molecule has 2 aromatic carbocycles. The van der Waals surface area contributed by atoms with Gasteiger partial charge in [-0.1, -0.05) is 31.0 Å². The molecule has 2 aliphatic carbocycles. The number of hydrogen-bond acceptors (Lipinski definition) is 9. The quantitative estimate of drug-likeness (QED) is 0.421. The van der Waals surface area contributed by atoms with E-state index >= 15 is 0 Å². The lowest BCUT2D eigenvalue weighted by atomic mass is 9.64. The van der Waals surface area contributed by atoms with Crippen molar-refractivity contribution in [1.82, 2.24) is 14.5 Å². The fourth-order valence-corrected chi connectivity index (χ4v) is 11.6. The number of anilines is 1. The number of sulfonamides is 1. The highest BCUT2D eigenvalue weighted by Gasteiger charge is 2.47. The zero-order valence-corrected chi connectivity index (χ0v) is 33.3. The molecule has 10 nitrogen and oxygen atoms in total. The van der Waals surface area contributed by atoms with Crippen LogP contribution in [0.25, 0.3) is 0 Å². The van der Waals surface area contributed by atoms with E-state index in [9.17, 15) is 13.2 Å². The van der Waals surface area contributed by atoms with Gasteiger partial charge in [0.25, 0.3) is 5.91 Å². The summed E-state index contributed by atoms with van der Waals surface area (Å²) >= 11 is 6.50. The molecule has 53 heavy (non-hydrogen) atoms. The Hall–Kier alpha value is -2.41. The van der Waals surface area contributed by atoms with Crippen LogP contribution in [0.15, 0.2) is 36.4 Å². The van der Waals surface area contributed by atoms with Crippen molar-refractivity contribution in [3.05, 3.63) is 58.1 Å². The Balaban J connectivity index is 1.11. The van der Waals surface area contributed by atoms with Crippen LogP contribution >= 0.6 is 11.6 Å². The van der Waals surface area contributed by atoms with E-state index < -0.39 is 21.2 Å². The first-order valence-corrected chi connectivity index (χ1v) is 21.8. The van der Waals surface area contributed by atoms with Crippen molar-refractivity contribution in [2.24, 2.45) is 23.7 Å². The van der Waals surface area contributed by atoms with E-state index in [4.69, 9.17) is 25.8 Å². The van der Waals surface area contributed by atoms with Crippen molar-refractivity contribution in [2.45, 2.75) is 94.3 Å². The largest absolute Gasteiger partial charge is 0.490 e. The molecule has 1 N–H and O–H groups in total. The highest BCUT2D eigenvalue weighted by molar-refractivity contribution is 7.90. The second-order valence-electron chi connectivity index (χ2n) is 17.3. The van der Waals surface area contributed by atoms with E-state index in [1.807, 2.05) is 25.1 Å². The number of ether oxygens (including phenoxy) is 3. The number of halogens is 1. The maximum absolute atomic E-state index is 13.6. The van der Waals surface area contributed by atoms with Crippen LogP contribution in [0.2, 0.25) is 5.02 Å². The predicted octanol–water partition coefficient (Wildman–Crippen LogP) is 5.71. The summed E-state index contributed by atoms with van der Waals surface area (Å²) in [6, 6.07) is 12.5. The van der Waals surface area contributed by atoms with Gasteiger partial charge >= 0.3 is 0 Å².